The van der Waals surface area contributed by atoms with Gasteiger partial charge in [0.1, 0.15) is 23.3 Å². The van der Waals surface area contributed by atoms with Crippen LogP contribution in [0.3, 0.4) is 0 Å². The molecule has 0 aliphatic carbocycles. The van der Waals surface area contributed by atoms with Crippen LogP contribution in [0.5, 0.6) is 5.75 Å². The van der Waals surface area contributed by atoms with Crippen LogP contribution < -0.4 is 10.6 Å². The third kappa shape index (κ3) is 2.65. The fraction of sp³-hybridized carbons (Fsp3) is 0.133. The van der Waals surface area contributed by atoms with Crippen molar-refractivity contribution in [1.29, 1.82) is 0 Å². The van der Waals surface area contributed by atoms with Gasteiger partial charge < -0.3 is 15.7 Å². The van der Waals surface area contributed by atoms with E-state index in [9.17, 15) is 18.7 Å². The Morgan fingerprint density at radius 2 is 1.86 bits per heavy atom. The fourth-order valence-electron chi connectivity index (χ4n) is 2.29. The van der Waals surface area contributed by atoms with Crippen molar-refractivity contribution in [1.82, 2.24) is 0 Å². The second kappa shape index (κ2) is 5.05. The minimum atomic E-state index is -0.811. The maximum Gasteiger partial charge on any atom is 0.247 e. The Morgan fingerprint density at radius 3 is 2.57 bits per heavy atom. The van der Waals surface area contributed by atoms with Gasteiger partial charge in [0.05, 0.1) is 5.69 Å². The zero-order valence-corrected chi connectivity index (χ0v) is 10.9. The molecule has 2 aromatic carbocycles. The lowest BCUT2D eigenvalue weighted by Gasteiger charge is -2.27. The van der Waals surface area contributed by atoms with Crippen LogP contribution in [0.25, 0.3) is 0 Å². The molecule has 1 atom stereocenters. The number of carbonyl (C=O) groups is 1. The zero-order chi connectivity index (χ0) is 15.0. The summed E-state index contributed by atoms with van der Waals surface area (Å²) in [4.78, 5) is 12.0. The summed E-state index contributed by atoms with van der Waals surface area (Å²) in [6.07, 6.45) is 0.337. The van der Waals surface area contributed by atoms with Gasteiger partial charge in [-0.25, -0.2) is 8.78 Å². The number of carbonyl (C=O) groups excluding carboxylic acids is 1. The van der Waals surface area contributed by atoms with Gasteiger partial charge in [-0.2, -0.15) is 0 Å². The molecular formula is C15H12F2N2O2. The molecule has 3 N–H and O–H groups in total. The average Bonchev–Trinajstić information content (AvgIpc) is 2.43. The number of hydrogen-bond acceptors (Lipinski definition) is 3. The number of anilines is 2. The summed E-state index contributed by atoms with van der Waals surface area (Å²) in [5.74, 6) is -1.78. The van der Waals surface area contributed by atoms with Crippen molar-refractivity contribution in [3.8, 4) is 5.75 Å². The molecule has 0 fully saturated rings. The van der Waals surface area contributed by atoms with Crippen molar-refractivity contribution in [3.05, 3.63) is 53.6 Å². The van der Waals surface area contributed by atoms with E-state index in [2.05, 4.69) is 10.6 Å². The number of aromatic hydroxyl groups is 1. The van der Waals surface area contributed by atoms with Crippen molar-refractivity contribution in [2.45, 2.75) is 12.5 Å². The number of nitrogens with one attached hydrogen (secondary N) is 2. The van der Waals surface area contributed by atoms with Crippen LogP contribution >= 0.6 is 0 Å². The van der Waals surface area contributed by atoms with E-state index in [1.807, 2.05) is 0 Å². The Hall–Kier alpha value is -2.63. The van der Waals surface area contributed by atoms with E-state index < -0.39 is 17.7 Å². The summed E-state index contributed by atoms with van der Waals surface area (Å²) in [7, 11) is 0. The first kappa shape index (κ1) is 13.4. The first-order valence-electron chi connectivity index (χ1n) is 6.37. The average molecular weight is 290 g/mol. The number of phenolic OH excluding ortho intramolecular Hbond substituents is 1. The molecule has 21 heavy (non-hydrogen) atoms. The number of rotatable bonds is 2. The first-order valence-corrected chi connectivity index (χ1v) is 6.37. The van der Waals surface area contributed by atoms with Gasteiger partial charge in [0.2, 0.25) is 5.91 Å². The maximum absolute atomic E-state index is 13.6. The quantitative estimate of drug-likeness (QED) is 0.797. The second-order valence-corrected chi connectivity index (χ2v) is 4.87. The van der Waals surface area contributed by atoms with E-state index in [1.165, 1.54) is 12.1 Å². The van der Waals surface area contributed by atoms with Crippen molar-refractivity contribution in [2.24, 2.45) is 0 Å². The lowest BCUT2D eigenvalue weighted by Crippen LogP contribution is -2.40. The van der Waals surface area contributed by atoms with Gasteiger partial charge in [-0.3, -0.25) is 4.79 Å². The summed E-state index contributed by atoms with van der Waals surface area (Å²) < 4.78 is 26.8. The van der Waals surface area contributed by atoms with E-state index in [-0.39, 0.29) is 23.0 Å². The predicted octanol–water partition coefficient (Wildman–Crippen LogP) is 2.65. The van der Waals surface area contributed by atoms with Crippen molar-refractivity contribution < 1.29 is 18.7 Å². The Bertz CT molecular complexity index is 702. The van der Waals surface area contributed by atoms with Gasteiger partial charge in [0, 0.05) is 12.5 Å². The van der Waals surface area contributed by atoms with Crippen LogP contribution in [-0.4, -0.2) is 17.1 Å². The zero-order valence-electron chi connectivity index (χ0n) is 10.9. The summed E-state index contributed by atoms with van der Waals surface area (Å²) in [6.45, 7) is 0. The highest BCUT2D eigenvalue weighted by molar-refractivity contribution is 6.03. The number of benzene rings is 2. The molecular weight excluding hydrogens is 278 g/mol. The van der Waals surface area contributed by atoms with Gasteiger partial charge in [-0.05, 0) is 23.8 Å². The SMILES string of the molecule is O=C1Nc2c(F)cc(F)cc2NC1Cc1ccc(O)cc1. The molecule has 108 valence electrons. The van der Waals surface area contributed by atoms with Crippen molar-refractivity contribution in [2.75, 3.05) is 10.6 Å². The lowest BCUT2D eigenvalue weighted by atomic mass is 10.0. The van der Waals surface area contributed by atoms with E-state index >= 15 is 0 Å². The molecule has 4 nitrogen and oxygen atoms in total. The summed E-state index contributed by atoms with van der Waals surface area (Å²) in [5, 5.41) is 14.5. The number of halogens is 2. The van der Waals surface area contributed by atoms with Crippen LogP contribution in [0.2, 0.25) is 0 Å². The molecule has 6 heteroatoms. The Kier molecular flexibility index (Phi) is 3.21. The second-order valence-electron chi connectivity index (χ2n) is 4.87. The molecule has 0 spiro atoms. The molecule has 0 saturated carbocycles. The normalized spacial score (nSPS) is 16.9. The molecule has 0 radical (unpaired) electrons. The third-order valence-corrected chi connectivity index (χ3v) is 3.33. The number of amides is 1. The Balaban J connectivity index is 1.85. The van der Waals surface area contributed by atoms with Crippen LogP contribution in [-0.2, 0) is 11.2 Å². The first-order chi connectivity index (χ1) is 10.0. The van der Waals surface area contributed by atoms with Gasteiger partial charge in [-0.1, -0.05) is 12.1 Å². The van der Waals surface area contributed by atoms with Gasteiger partial charge in [0.15, 0.2) is 5.82 Å². The van der Waals surface area contributed by atoms with Gasteiger partial charge in [-0.15, -0.1) is 0 Å². The number of fused-ring (bicyclic) bond motifs is 1. The smallest absolute Gasteiger partial charge is 0.247 e. The molecule has 1 unspecified atom stereocenters. The highest BCUT2D eigenvalue weighted by Gasteiger charge is 2.28. The summed E-state index contributed by atoms with van der Waals surface area (Å²) in [5.41, 5.74) is 1.00. The molecule has 3 rings (SSSR count). The van der Waals surface area contributed by atoms with E-state index in [0.29, 0.717) is 6.42 Å². The number of phenols is 1. The van der Waals surface area contributed by atoms with E-state index in [0.717, 1.165) is 17.7 Å². The molecule has 1 aliphatic rings. The molecule has 0 bridgehead atoms. The molecule has 1 aliphatic heterocycles. The minimum Gasteiger partial charge on any atom is -0.508 e. The van der Waals surface area contributed by atoms with Crippen molar-refractivity contribution >= 4 is 17.3 Å². The molecule has 1 amide bonds. The molecule has 1 heterocycles. The standard InChI is InChI=1S/C15H12F2N2O2/c16-9-6-11(17)14-12(7-9)18-13(15(21)19-14)5-8-1-3-10(20)4-2-8/h1-4,6-7,13,18,20H,5H2,(H,19,21). The van der Waals surface area contributed by atoms with Crippen LogP contribution in [0, 0.1) is 11.6 Å². The van der Waals surface area contributed by atoms with Crippen LogP contribution in [0.4, 0.5) is 20.2 Å². The van der Waals surface area contributed by atoms with Crippen molar-refractivity contribution in [3.63, 3.8) is 0 Å². The Morgan fingerprint density at radius 1 is 1.14 bits per heavy atom. The van der Waals surface area contributed by atoms with Gasteiger partial charge in [0.25, 0.3) is 0 Å². The fourth-order valence-corrected chi connectivity index (χ4v) is 2.29. The highest BCUT2D eigenvalue weighted by atomic mass is 19.1. The predicted molar refractivity (Wildman–Crippen MR) is 74.2 cm³/mol. The van der Waals surface area contributed by atoms with Gasteiger partial charge >= 0.3 is 0 Å². The summed E-state index contributed by atoms with van der Waals surface area (Å²) >= 11 is 0. The monoisotopic (exact) mass is 290 g/mol. The summed E-state index contributed by atoms with van der Waals surface area (Å²) in [6, 6.07) is 7.64. The van der Waals surface area contributed by atoms with E-state index in [1.54, 1.807) is 12.1 Å². The minimum absolute atomic E-state index is 0.0386. The number of hydrogen-bond donors (Lipinski definition) is 3. The molecule has 0 aromatic heterocycles. The van der Waals surface area contributed by atoms with Crippen LogP contribution in [0.15, 0.2) is 36.4 Å². The lowest BCUT2D eigenvalue weighted by molar-refractivity contribution is -0.117. The topological polar surface area (TPSA) is 61.4 Å². The van der Waals surface area contributed by atoms with Crippen LogP contribution in [0.1, 0.15) is 5.56 Å². The molecule has 0 saturated heterocycles. The highest BCUT2D eigenvalue weighted by Crippen LogP contribution is 2.31. The third-order valence-electron chi connectivity index (χ3n) is 3.33. The van der Waals surface area contributed by atoms with E-state index in [4.69, 9.17) is 0 Å². The molecule has 2 aromatic rings. The Labute approximate surface area is 119 Å². The maximum atomic E-state index is 13.6. The largest absolute Gasteiger partial charge is 0.508 e.